The normalized spacial score (nSPS) is 17.4. The molecule has 1 aromatic carbocycles. The third-order valence-electron chi connectivity index (χ3n) is 6.26. The Morgan fingerprint density at radius 2 is 1.97 bits per heavy atom. The summed E-state index contributed by atoms with van der Waals surface area (Å²) in [4.78, 5) is 39.1. The first-order chi connectivity index (χ1) is 15.8. The number of aromatic nitrogens is 3. The molecule has 1 saturated carbocycles. The maximum Gasteiger partial charge on any atom is 0.342 e. The molecule has 33 heavy (non-hydrogen) atoms. The first kappa shape index (κ1) is 22.7. The van der Waals surface area contributed by atoms with Crippen LogP contribution in [0.4, 0.5) is 10.1 Å². The highest BCUT2D eigenvalue weighted by atomic mass is 19.1. The van der Waals surface area contributed by atoms with Crippen molar-refractivity contribution >= 4 is 23.5 Å². The molecule has 2 aromatic rings. The quantitative estimate of drug-likeness (QED) is 0.595. The van der Waals surface area contributed by atoms with Gasteiger partial charge in [0.05, 0.1) is 19.0 Å². The van der Waals surface area contributed by atoms with Crippen molar-refractivity contribution in [3.05, 3.63) is 41.5 Å². The van der Waals surface area contributed by atoms with Crippen LogP contribution in [0.1, 0.15) is 46.5 Å². The number of piperidine rings is 1. The summed E-state index contributed by atoms with van der Waals surface area (Å²) in [5.41, 5.74) is -0.242. The molecule has 2 heterocycles. The minimum atomic E-state index is -0.883. The van der Waals surface area contributed by atoms with Gasteiger partial charge in [0.15, 0.2) is 5.69 Å². The Morgan fingerprint density at radius 1 is 1.24 bits per heavy atom. The highest BCUT2D eigenvalue weighted by Crippen LogP contribution is 2.36. The van der Waals surface area contributed by atoms with Crippen LogP contribution in [0.3, 0.4) is 0 Å². The van der Waals surface area contributed by atoms with Crippen LogP contribution in [0.25, 0.3) is 0 Å². The number of hydrogen-bond donors (Lipinski definition) is 2. The zero-order valence-corrected chi connectivity index (χ0v) is 18.6. The largest absolute Gasteiger partial charge is 0.465 e. The Hall–Kier alpha value is -3.50. The first-order valence-electron chi connectivity index (χ1n) is 10.9. The number of ether oxygens (including phenoxy) is 1. The van der Waals surface area contributed by atoms with E-state index in [4.69, 9.17) is 4.74 Å². The molecule has 0 radical (unpaired) electrons. The average molecular weight is 458 g/mol. The number of amides is 2. The second-order valence-electron chi connectivity index (χ2n) is 8.58. The van der Waals surface area contributed by atoms with Gasteiger partial charge in [0, 0.05) is 26.7 Å². The molecule has 0 spiro atoms. The van der Waals surface area contributed by atoms with E-state index in [1.165, 1.54) is 24.1 Å². The predicted molar refractivity (Wildman–Crippen MR) is 116 cm³/mol. The van der Waals surface area contributed by atoms with Crippen LogP contribution in [0.2, 0.25) is 0 Å². The van der Waals surface area contributed by atoms with Crippen molar-refractivity contribution in [3.8, 4) is 0 Å². The molecule has 1 aliphatic carbocycles. The number of nitrogens with one attached hydrogen (secondary N) is 2. The Kier molecular flexibility index (Phi) is 6.30. The van der Waals surface area contributed by atoms with Crippen molar-refractivity contribution < 1.29 is 23.5 Å². The van der Waals surface area contributed by atoms with Crippen molar-refractivity contribution in [1.29, 1.82) is 0 Å². The molecule has 176 valence electrons. The van der Waals surface area contributed by atoms with E-state index in [9.17, 15) is 18.8 Å². The fourth-order valence-electron chi connectivity index (χ4n) is 4.13. The molecular weight excluding hydrogens is 431 g/mol. The maximum absolute atomic E-state index is 14.2. The fourth-order valence-corrected chi connectivity index (χ4v) is 4.13. The van der Waals surface area contributed by atoms with Gasteiger partial charge in [0.1, 0.15) is 16.9 Å². The summed E-state index contributed by atoms with van der Waals surface area (Å²) in [5, 5.41) is 13.3. The zero-order chi connectivity index (χ0) is 23.6. The van der Waals surface area contributed by atoms with Crippen molar-refractivity contribution in [2.75, 3.05) is 31.6 Å². The number of hydrogen-bond acceptors (Lipinski definition) is 7. The number of rotatable bonds is 7. The number of carbonyl (C=O) groups excluding carboxylic acids is 3. The number of anilines is 1. The van der Waals surface area contributed by atoms with E-state index in [1.54, 1.807) is 19.2 Å². The molecule has 1 saturated heterocycles. The number of carbonyl (C=O) groups is 3. The second kappa shape index (κ2) is 9.16. The van der Waals surface area contributed by atoms with E-state index in [0.29, 0.717) is 38.2 Å². The van der Waals surface area contributed by atoms with Crippen LogP contribution in [-0.4, -0.2) is 65.1 Å². The molecule has 11 heteroatoms. The zero-order valence-electron chi connectivity index (χ0n) is 18.6. The second-order valence-corrected chi connectivity index (χ2v) is 8.58. The number of aryl methyl sites for hydroxylation is 1. The van der Waals surface area contributed by atoms with E-state index in [0.717, 1.165) is 12.8 Å². The highest BCUT2D eigenvalue weighted by Gasteiger charge is 2.51. The average Bonchev–Trinajstić information content (AvgIpc) is 3.47. The monoisotopic (exact) mass is 458 g/mol. The topological polar surface area (TPSA) is 118 Å². The van der Waals surface area contributed by atoms with Crippen LogP contribution in [-0.2, 0) is 16.6 Å². The number of halogens is 1. The predicted octanol–water partition coefficient (Wildman–Crippen LogP) is 1.04. The van der Waals surface area contributed by atoms with Gasteiger partial charge in [-0.15, -0.1) is 5.10 Å². The van der Waals surface area contributed by atoms with Gasteiger partial charge >= 0.3 is 5.97 Å². The van der Waals surface area contributed by atoms with E-state index in [1.807, 2.05) is 4.90 Å². The van der Waals surface area contributed by atoms with Gasteiger partial charge in [-0.25, -0.2) is 9.18 Å². The van der Waals surface area contributed by atoms with Gasteiger partial charge < -0.3 is 20.3 Å². The molecule has 2 fully saturated rings. The lowest BCUT2D eigenvalue weighted by Gasteiger charge is -2.34. The lowest BCUT2D eigenvalue weighted by Crippen LogP contribution is -2.50. The molecule has 0 bridgehead atoms. The minimum absolute atomic E-state index is 0.0544. The van der Waals surface area contributed by atoms with Crippen molar-refractivity contribution in [1.82, 2.24) is 25.6 Å². The number of methoxy groups -OCH3 is 1. The molecular formula is C22H27FN6O4. The summed E-state index contributed by atoms with van der Waals surface area (Å²) in [7, 11) is 2.90. The smallest absolute Gasteiger partial charge is 0.342 e. The van der Waals surface area contributed by atoms with Crippen molar-refractivity contribution in [2.24, 2.45) is 13.0 Å². The first-order valence-corrected chi connectivity index (χ1v) is 10.9. The number of nitrogens with zero attached hydrogens (tertiary/aromatic N) is 4. The van der Waals surface area contributed by atoms with Gasteiger partial charge in [-0.3, -0.25) is 14.3 Å². The Morgan fingerprint density at radius 3 is 2.58 bits per heavy atom. The molecule has 2 N–H and O–H groups in total. The standard InChI is InChI=1S/C22H27FN6O4/c1-28-13-16(26-27-28)19(30)25-22(8-9-22)21(32)24-12-14-6-10-29(11-7-14)17-5-3-4-15(23)18(17)20(31)33-2/h3-5,13-14H,6-12H2,1-2H3,(H,24,32)(H,25,30). The van der Waals surface area contributed by atoms with E-state index in [2.05, 4.69) is 20.9 Å². The van der Waals surface area contributed by atoms with Gasteiger partial charge in [-0.1, -0.05) is 11.3 Å². The Balaban J connectivity index is 1.29. The van der Waals surface area contributed by atoms with Crippen molar-refractivity contribution in [2.45, 2.75) is 31.2 Å². The summed E-state index contributed by atoms with van der Waals surface area (Å²) in [6.07, 6.45) is 4.21. The lowest BCUT2D eigenvalue weighted by atomic mass is 9.95. The summed E-state index contributed by atoms with van der Waals surface area (Å²) in [6.45, 7) is 1.74. The van der Waals surface area contributed by atoms with Crippen LogP contribution in [0, 0.1) is 11.7 Å². The fraction of sp³-hybridized carbons (Fsp3) is 0.500. The number of esters is 1. The number of benzene rings is 1. The van der Waals surface area contributed by atoms with Crippen LogP contribution < -0.4 is 15.5 Å². The van der Waals surface area contributed by atoms with Gasteiger partial charge in [0.25, 0.3) is 5.91 Å². The minimum Gasteiger partial charge on any atom is -0.465 e. The Labute approximate surface area is 190 Å². The molecule has 2 aliphatic rings. The third kappa shape index (κ3) is 4.81. The molecule has 0 unspecified atom stereocenters. The third-order valence-corrected chi connectivity index (χ3v) is 6.26. The van der Waals surface area contributed by atoms with Gasteiger partial charge in [-0.2, -0.15) is 0 Å². The van der Waals surface area contributed by atoms with E-state index in [-0.39, 0.29) is 23.1 Å². The Bertz CT molecular complexity index is 1060. The molecule has 4 rings (SSSR count). The molecule has 2 amide bonds. The summed E-state index contributed by atoms with van der Waals surface area (Å²) < 4.78 is 20.4. The molecule has 1 aliphatic heterocycles. The van der Waals surface area contributed by atoms with Crippen LogP contribution in [0.5, 0.6) is 0 Å². The van der Waals surface area contributed by atoms with Crippen molar-refractivity contribution in [3.63, 3.8) is 0 Å². The highest BCUT2D eigenvalue weighted by molar-refractivity contribution is 5.99. The van der Waals surface area contributed by atoms with Crippen LogP contribution in [0.15, 0.2) is 24.4 Å². The molecule has 1 aromatic heterocycles. The summed E-state index contributed by atoms with van der Waals surface area (Å²) in [5.74, 6) is -1.67. The summed E-state index contributed by atoms with van der Waals surface area (Å²) in [6, 6.07) is 4.54. The maximum atomic E-state index is 14.2. The SMILES string of the molecule is COC(=O)c1c(F)cccc1N1CCC(CNC(=O)C2(NC(=O)c3cn(C)nn3)CC2)CC1. The van der Waals surface area contributed by atoms with Gasteiger partial charge in [0.2, 0.25) is 5.91 Å². The van der Waals surface area contributed by atoms with Gasteiger partial charge in [-0.05, 0) is 43.7 Å². The summed E-state index contributed by atoms with van der Waals surface area (Å²) >= 11 is 0. The molecule has 0 atom stereocenters. The van der Waals surface area contributed by atoms with Crippen LogP contribution >= 0.6 is 0 Å². The molecule has 10 nitrogen and oxygen atoms in total. The van der Waals surface area contributed by atoms with E-state index < -0.39 is 23.2 Å². The lowest BCUT2D eigenvalue weighted by molar-refractivity contribution is -0.124. The van der Waals surface area contributed by atoms with E-state index >= 15 is 0 Å².